The Bertz CT molecular complexity index is 948. The van der Waals surface area contributed by atoms with E-state index in [9.17, 15) is 9.18 Å². The lowest BCUT2D eigenvalue weighted by Crippen LogP contribution is -2.47. The van der Waals surface area contributed by atoms with Crippen LogP contribution in [0.2, 0.25) is 0 Å². The average molecular weight is 445 g/mol. The number of ether oxygens (including phenoxy) is 1. The van der Waals surface area contributed by atoms with Gasteiger partial charge in [0.05, 0.1) is 10.9 Å². The molecule has 0 unspecified atom stereocenters. The molecule has 1 spiro atoms. The molecule has 1 aromatic carbocycles. The van der Waals surface area contributed by atoms with Gasteiger partial charge in [-0.05, 0) is 69.7 Å². The average Bonchev–Trinajstić information content (AvgIpc) is 3.36. The van der Waals surface area contributed by atoms with Crippen LogP contribution in [-0.4, -0.2) is 78.9 Å². The van der Waals surface area contributed by atoms with Gasteiger partial charge in [-0.3, -0.25) is 9.69 Å². The third-order valence-electron chi connectivity index (χ3n) is 7.63. The summed E-state index contributed by atoms with van der Waals surface area (Å²) >= 11 is 0. The molecule has 2 aliphatic heterocycles. The van der Waals surface area contributed by atoms with Crippen LogP contribution in [0.25, 0.3) is 11.0 Å². The molecule has 0 atom stereocenters. The van der Waals surface area contributed by atoms with Gasteiger partial charge in [-0.25, -0.2) is 4.39 Å². The number of hydrogen-bond donors (Lipinski definition) is 0. The summed E-state index contributed by atoms with van der Waals surface area (Å²) in [5.41, 5.74) is 0.781. The number of carbonyl (C=O) groups is 1. The van der Waals surface area contributed by atoms with E-state index in [0.29, 0.717) is 12.2 Å². The Morgan fingerprint density at radius 3 is 2.78 bits per heavy atom. The quantitative estimate of drug-likeness (QED) is 0.611. The second-order valence-corrected chi connectivity index (χ2v) is 9.55. The molecule has 0 bridgehead atoms. The first kappa shape index (κ1) is 21.6. The van der Waals surface area contributed by atoms with Crippen molar-refractivity contribution in [2.45, 2.75) is 44.6 Å². The number of hydrogen-bond acceptors (Lipinski definition) is 6. The molecule has 174 valence electrons. The summed E-state index contributed by atoms with van der Waals surface area (Å²) in [5.74, 6) is 1.41. The minimum Gasteiger partial charge on any atom is -0.372 e. The van der Waals surface area contributed by atoms with E-state index in [1.165, 1.54) is 31.4 Å². The molecule has 7 nitrogen and oxygen atoms in total. The van der Waals surface area contributed by atoms with Gasteiger partial charge in [0.2, 0.25) is 5.91 Å². The van der Waals surface area contributed by atoms with Crippen molar-refractivity contribution in [2.75, 3.05) is 57.4 Å². The maximum Gasteiger partial charge on any atom is 0.249 e. The van der Waals surface area contributed by atoms with Crippen molar-refractivity contribution in [1.82, 2.24) is 15.0 Å². The summed E-state index contributed by atoms with van der Waals surface area (Å²) in [7, 11) is 0. The van der Waals surface area contributed by atoms with Crippen molar-refractivity contribution < 1.29 is 18.4 Å². The van der Waals surface area contributed by atoms with Crippen molar-refractivity contribution in [3.05, 3.63) is 24.0 Å². The highest BCUT2D eigenvalue weighted by Crippen LogP contribution is 2.47. The molecule has 8 heteroatoms. The van der Waals surface area contributed by atoms with Gasteiger partial charge in [-0.2, -0.15) is 0 Å². The largest absolute Gasteiger partial charge is 0.372 e. The van der Waals surface area contributed by atoms with Crippen LogP contribution in [0.4, 0.5) is 10.2 Å². The van der Waals surface area contributed by atoms with Crippen LogP contribution >= 0.6 is 0 Å². The van der Waals surface area contributed by atoms with Crippen molar-refractivity contribution in [2.24, 2.45) is 5.92 Å². The summed E-state index contributed by atoms with van der Waals surface area (Å²) < 4.78 is 24.3. The minimum atomic E-state index is -0.261. The van der Waals surface area contributed by atoms with E-state index in [1.54, 1.807) is 6.07 Å². The minimum absolute atomic E-state index is 0.149. The van der Waals surface area contributed by atoms with Gasteiger partial charge >= 0.3 is 0 Å². The van der Waals surface area contributed by atoms with Gasteiger partial charge in [0.15, 0.2) is 11.4 Å². The first-order chi connectivity index (χ1) is 15.6. The summed E-state index contributed by atoms with van der Waals surface area (Å²) in [6.07, 6.45) is 5.93. The molecule has 0 radical (unpaired) electrons. The smallest absolute Gasteiger partial charge is 0.249 e. The highest BCUT2D eigenvalue weighted by atomic mass is 19.1. The summed E-state index contributed by atoms with van der Waals surface area (Å²) in [5, 5.41) is 4.94. The molecule has 2 saturated heterocycles. The van der Waals surface area contributed by atoms with E-state index in [4.69, 9.17) is 9.26 Å². The number of fused-ring (bicyclic) bond motifs is 1. The molecule has 1 aromatic heterocycles. The first-order valence-corrected chi connectivity index (χ1v) is 12.0. The maximum absolute atomic E-state index is 13.6. The third kappa shape index (κ3) is 4.35. The fourth-order valence-corrected chi connectivity index (χ4v) is 5.49. The molecule has 1 amide bonds. The topological polar surface area (TPSA) is 61.8 Å². The maximum atomic E-state index is 13.6. The number of benzene rings is 1. The Labute approximate surface area is 188 Å². The lowest BCUT2D eigenvalue weighted by molar-refractivity contribution is -0.132. The second kappa shape index (κ2) is 8.98. The Morgan fingerprint density at radius 1 is 1.25 bits per heavy atom. The van der Waals surface area contributed by atoms with Gasteiger partial charge in [-0.15, -0.1) is 0 Å². The number of carbonyl (C=O) groups excluding carboxylic acids is 1. The number of amides is 1. The van der Waals surface area contributed by atoms with Crippen molar-refractivity contribution in [3.8, 4) is 0 Å². The zero-order valence-corrected chi connectivity index (χ0v) is 18.9. The van der Waals surface area contributed by atoms with Crippen molar-refractivity contribution in [1.29, 1.82) is 0 Å². The highest BCUT2D eigenvalue weighted by Gasteiger charge is 2.55. The molecule has 1 saturated carbocycles. The number of nitrogens with zero attached hydrogens (tertiary/aromatic N) is 4. The Balaban J connectivity index is 1.05. The van der Waals surface area contributed by atoms with E-state index in [0.717, 1.165) is 69.2 Å². The number of anilines is 1. The van der Waals surface area contributed by atoms with Crippen LogP contribution in [-0.2, 0) is 9.53 Å². The van der Waals surface area contributed by atoms with E-state index >= 15 is 0 Å². The molecular weight excluding hydrogens is 411 g/mol. The van der Waals surface area contributed by atoms with Crippen LogP contribution in [0.5, 0.6) is 0 Å². The molecular formula is C24H33FN4O3. The lowest BCUT2D eigenvalue weighted by atomic mass is 9.80. The Kier molecular flexibility index (Phi) is 6.07. The third-order valence-corrected chi connectivity index (χ3v) is 7.63. The predicted octanol–water partition coefficient (Wildman–Crippen LogP) is 3.29. The van der Waals surface area contributed by atoms with Crippen molar-refractivity contribution >= 4 is 22.7 Å². The first-order valence-electron chi connectivity index (χ1n) is 12.0. The van der Waals surface area contributed by atoms with Crippen LogP contribution < -0.4 is 4.90 Å². The van der Waals surface area contributed by atoms with Gasteiger partial charge in [-0.1, -0.05) is 5.16 Å². The molecule has 1 aliphatic carbocycles. The van der Waals surface area contributed by atoms with E-state index < -0.39 is 0 Å². The Morgan fingerprint density at radius 2 is 2.03 bits per heavy atom. The Hall–Kier alpha value is -2.19. The molecule has 0 N–H and O–H groups in total. The highest BCUT2D eigenvalue weighted by molar-refractivity contribution is 5.88. The van der Waals surface area contributed by atoms with Gasteiger partial charge in [0.1, 0.15) is 12.4 Å². The van der Waals surface area contributed by atoms with E-state index in [2.05, 4.69) is 15.0 Å². The lowest BCUT2D eigenvalue weighted by Gasteiger charge is -2.36. The monoisotopic (exact) mass is 444 g/mol. The SMILES string of the molecule is CCOCC(=O)N1CC12CCC(CCN1CCN(c3noc4ccc(F)cc34)CC1)CC2. The number of piperazine rings is 1. The summed E-state index contributed by atoms with van der Waals surface area (Å²) in [6, 6.07) is 4.55. The van der Waals surface area contributed by atoms with Gasteiger partial charge in [0, 0.05) is 39.3 Å². The van der Waals surface area contributed by atoms with Crippen LogP contribution in [0.15, 0.2) is 22.7 Å². The van der Waals surface area contributed by atoms with Crippen LogP contribution in [0, 0.1) is 11.7 Å². The molecule has 3 fully saturated rings. The normalized spacial score (nSPS) is 26.2. The number of aromatic nitrogens is 1. The fourth-order valence-electron chi connectivity index (χ4n) is 5.49. The summed E-state index contributed by atoms with van der Waals surface area (Å²) in [6.45, 7) is 8.52. The zero-order chi connectivity index (χ0) is 22.1. The van der Waals surface area contributed by atoms with Gasteiger partial charge in [0.25, 0.3) is 0 Å². The molecule has 5 rings (SSSR count). The summed E-state index contributed by atoms with van der Waals surface area (Å²) in [4.78, 5) is 19.0. The number of halogens is 1. The molecule has 2 aromatic rings. The van der Waals surface area contributed by atoms with E-state index in [1.807, 2.05) is 11.8 Å². The predicted molar refractivity (Wildman–Crippen MR) is 120 cm³/mol. The van der Waals surface area contributed by atoms with E-state index in [-0.39, 0.29) is 23.9 Å². The fraction of sp³-hybridized carbons (Fsp3) is 0.667. The van der Waals surface area contributed by atoms with Crippen LogP contribution in [0.3, 0.4) is 0 Å². The second-order valence-electron chi connectivity index (χ2n) is 9.55. The molecule has 3 aliphatic rings. The number of rotatable bonds is 7. The standard InChI is InChI=1S/C24H33FN4O3/c1-2-31-16-22(30)29-17-24(29)8-5-18(6-9-24)7-10-27-11-13-28(14-12-27)23-20-15-19(25)3-4-21(20)32-26-23/h3-4,15,18H,2,5-14,16-17H2,1H3. The molecule has 32 heavy (non-hydrogen) atoms. The van der Waals surface area contributed by atoms with Crippen LogP contribution in [0.1, 0.15) is 39.0 Å². The zero-order valence-electron chi connectivity index (χ0n) is 18.9. The van der Waals surface area contributed by atoms with Crippen molar-refractivity contribution in [3.63, 3.8) is 0 Å². The van der Waals surface area contributed by atoms with Gasteiger partial charge < -0.3 is 19.1 Å². The molecule has 3 heterocycles.